The second-order valence-corrected chi connectivity index (χ2v) is 7.06. The highest BCUT2D eigenvalue weighted by Gasteiger charge is 2.13. The van der Waals surface area contributed by atoms with Gasteiger partial charge >= 0.3 is 5.97 Å². The average Bonchev–Trinajstić information content (AvgIpc) is 2.62. The second-order valence-electron chi connectivity index (χ2n) is 6.22. The number of hydrogen-bond donors (Lipinski definition) is 0. The normalized spacial score (nSPS) is 10.8. The van der Waals surface area contributed by atoms with Crippen LogP contribution in [0.4, 0.5) is 0 Å². The van der Waals surface area contributed by atoms with Gasteiger partial charge in [0.1, 0.15) is 5.75 Å². The first kappa shape index (κ1) is 20.6. The zero-order chi connectivity index (χ0) is 19.1. The van der Waals surface area contributed by atoms with Gasteiger partial charge in [-0.3, -0.25) is 0 Å². The van der Waals surface area contributed by atoms with Crippen LogP contribution in [0.2, 0.25) is 10.0 Å². The molecule has 4 nitrogen and oxygen atoms in total. The van der Waals surface area contributed by atoms with E-state index in [0.717, 1.165) is 30.5 Å². The first-order valence-corrected chi connectivity index (χ1v) is 9.12. The lowest BCUT2D eigenvalue weighted by Gasteiger charge is -2.13. The van der Waals surface area contributed by atoms with Gasteiger partial charge in [0.15, 0.2) is 0 Å². The molecule has 0 saturated heterocycles. The van der Waals surface area contributed by atoms with Crippen LogP contribution in [-0.4, -0.2) is 45.2 Å². The lowest BCUT2D eigenvalue weighted by Crippen LogP contribution is -2.13. The van der Waals surface area contributed by atoms with Gasteiger partial charge in [-0.15, -0.1) is 0 Å². The minimum atomic E-state index is -0.428. The van der Waals surface area contributed by atoms with Gasteiger partial charge in [-0.25, -0.2) is 4.79 Å². The number of rotatable bonds is 8. The van der Waals surface area contributed by atoms with Crippen LogP contribution in [0.25, 0.3) is 11.1 Å². The van der Waals surface area contributed by atoms with Gasteiger partial charge in [0.05, 0.1) is 19.3 Å². The van der Waals surface area contributed by atoms with Crippen molar-refractivity contribution in [2.45, 2.75) is 12.8 Å². The zero-order valence-corrected chi connectivity index (χ0v) is 16.7. The highest BCUT2D eigenvalue weighted by Crippen LogP contribution is 2.33. The van der Waals surface area contributed by atoms with E-state index < -0.39 is 5.97 Å². The topological polar surface area (TPSA) is 38.8 Å². The van der Waals surface area contributed by atoms with Crippen molar-refractivity contribution in [2.75, 3.05) is 34.4 Å². The summed E-state index contributed by atoms with van der Waals surface area (Å²) in [5.41, 5.74) is 1.90. The number of nitrogens with zero attached hydrogens (tertiary/aromatic N) is 1. The smallest absolute Gasteiger partial charge is 0.338 e. The van der Waals surface area contributed by atoms with Crippen molar-refractivity contribution < 1.29 is 14.3 Å². The number of hydrogen-bond acceptors (Lipinski definition) is 4. The van der Waals surface area contributed by atoms with Crippen molar-refractivity contribution in [1.82, 2.24) is 4.90 Å². The molecule has 0 aliphatic heterocycles. The van der Waals surface area contributed by atoms with Crippen LogP contribution < -0.4 is 4.74 Å². The maximum Gasteiger partial charge on any atom is 0.338 e. The lowest BCUT2D eigenvalue weighted by molar-refractivity contribution is 0.0600. The van der Waals surface area contributed by atoms with Gasteiger partial charge in [-0.05, 0) is 75.4 Å². The predicted octanol–water partition coefficient (Wildman–Crippen LogP) is 5.17. The molecule has 0 spiro atoms. The Balaban J connectivity index is 2.25. The van der Waals surface area contributed by atoms with E-state index in [2.05, 4.69) is 4.90 Å². The van der Waals surface area contributed by atoms with Gasteiger partial charge in [0.25, 0.3) is 0 Å². The Bertz CT molecular complexity index is 763. The third kappa shape index (κ3) is 5.90. The molecule has 0 aliphatic rings. The molecular formula is C20H23Cl2NO3. The van der Waals surface area contributed by atoms with E-state index >= 15 is 0 Å². The van der Waals surface area contributed by atoms with E-state index in [0.29, 0.717) is 28.0 Å². The van der Waals surface area contributed by atoms with Crippen LogP contribution in [-0.2, 0) is 4.74 Å². The SMILES string of the molecule is COC(=O)c1cc(OCCCCN(C)C)cc(-c2cc(Cl)ccc2Cl)c1. The van der Waals surface area contributed by atoms with Crippen LogP contribution in [0.15, 0.2) is 36.4 Å². The number of carbonyl (C=O) groups is 1. The molecule has 2 aromatic rings. The molecule has 0 unspecified atom stereocenters. The Morgan fingerprint density at radius 3 is 2.54 bits per heavy atom. The molecule has 0 amide bonds. The molecular weight excluding hydrogens is 373 g/mol. The fourth-order valence-electron chi connectivity index (χ4n) is 2.51. The molecule has 2 aromatic carbocycles. The van der Waals surface area contributed by atoms with Gasteiger partial charge in [0.2, 0.25) is 0 Å². The van der Waals surface area contributed by atoms with Crippen molar-refractivity contribution in [2.24, 2.45) is 0 Å². The van der Waals surface area contributed by atoms with Gasteiger partial charge in [-0.2, -0.15) is 0 Å². The average molecular weight is 396 g/mol. The van der Waals surface area contributed by atoms with E-state index in [4.69, 9.17) is 32.7 Å². The standard InChI is InChI=1S/C20H23Cl2NO3/c1-23(2)8-4-5-9-26-17-11-14(10-15(12-17)20(24)25-3)18-13-16(21)6-7-19(18)22/h6-7,10-13H,4-5,8-9H2,1-3H3. The Morgan fingerprint density at radius 1 is 1.08 bits per heavy atom. The molecule has 2 rings (SSSR count). The van der Waals surface area contributed by atoms with Crippen molar-refractivity contribution in [3.8, 4) is 16.9 Å². The summed E-state index contributed by atoms with van der Waals surface area (Å²) in [5.74, 6) is 0.172. The quantitative estimate of drug-likeness (QED) is 0.456. The Labute approximate surface area is 164 Å². The summed E-state index contributed by atoms with van der Waals surface area (Å²) >= 11 is 12.4. The molecule has 0 heterocycles. The number of carbonyl (C=O) groups excluding carboxylic acids is 1. The van der Waals surface area contributed by atoms with Crippen molar-refractivity contribution in [3.05, 3.63) is 52.0 Å². The molecule has 0 aromatic heterocycles. The highest BCUT2D eigenvalue weighted by atomic mass is 35.5. The van der Waals surface area contributed by atoms with Crippen molar-refractivity contribution in [1.29, 1.82) is 0 Å². The summed E-state index contributed by atoms with van der Waals surface area (Å²) in [5, 5.41) is 1.12. The van der Waals surface area contributed by atoms with E-state index in [1.54, 1.807) is 30.3 Å². The molecule has 6 heteroatoms. The summed E-state index contributed by atoms with van der Waals surface area (Å²) in [7, 11) is 5.44. The van der Waals surface area contributed by atoms with Crippen LogP contribution in [0, 0.1) is 0 Å². The fourth-order valence-corrected chi connectivity index (χ4v) is 2.91. The maximum absolute atomic E-state index is 12.0. The highest BCUT2D eigenvalue weighted by molar-refractivity contribution is 6.35. The summed E-state index contributed by atoms with van der Waals surface area (Å²) < 4.78 is 10.7. The predicted molar refractivity (Wildman–Crippen MR) is 107 cm³/mol. The van der Waals surface area contributed by atoms with E-state index in [-0.39, 0.29) is 0 Å². The molecule has 140 valence electrons. The first-order chi connectivity index (χ1) is 12.4. The number of esters is 1. The van der Waals surface area contributed by atoms with E-state index in [9.17, 15) is 4.79 Å². The van der Waals surface area contributed by atoms with Crippen LogP contribution in [0.1, 0.15) is 23.2 Å². The molecule has 0 aliphatic carbocycles. The van der Waals surface area contributed by atoms with Crippen molar-refractivity contribution >= 4 is 29.2 Å². The third-order valence-corrected chi connectivity index (χ3v) is 4.40. The molecule has 0 N–H and O–H groups in total. The monoisotopic (exact) mass is 395 g/mol. The number of benzene rings is 2. The molecule has 0 radical (unpaired) electrons. The maximum atomic E-state index is 12.0. The van der Waals surface area contributed by atoms with Gasteiger partial charge in [0, 0.05) is 15.6 Å². The molecule has 0 atom stereocenters. The number of ether oxygens (including phenoxy) is 2. The Kier molecular flexibility index (Phi) is 7.76. The second kappa shape index (κ2) is 9.81. The summed E-state index contributed by atoms with van der Waals surface area (Å²) in [6, 6.07) is 10.5. The Hall–Kier alpha value is -1.75. The number of unbranched alkanes of at least 4 members (excludes halogenated alkanes) is 1. The van der Waals surface area contributed by atoms with Gasteiger partial charge < -0.3 is 14.4 Å². The van der Waals surface area contributed by atoms with Gasteiger partial charge in [-0.1, -0.05) is 23.2 Å². The fraction of sp³-hybridized carbons (Fsp3) is 0.350. The molecule has 0 fully saturated rings. The summed E-state index contributed by atoms with van der Waals surface area (Å²) in [6.45, 7) is 1.58. The number of halogens is 2. The minimum absolute atomic E-state index is 0.407. The van der Waals surface area contributed by atoms with E-state index in [1.165, 1.54) is 7.11 Å². The molecule has 26 heavy (non-hydrogen) atoms. The minimum Gasteiger partial charge on any atom is -0.494 e. The summed E-state index contributed by atoms with van der Waals surface area (Å²) in [4.78, 5) is 14.1. The van der Waals surface area contributed by atoms with Crippen molar-refractivity contribution in [3.63, 3.8) is 0 Å². The van der Waals surface area contributed by atoms with Crippen LogP contribution in [0.5, 0.6) is 5.75 Å². The van der Waals surface area contributed by atoms with Crippen LogP contribution >= 0.6 is 23.2 Å². The van der Waals surface area contributed by atoms with Crippen LogP contribution in [0.3, 0.4) is 0 Å². The Morgan fingerprint density at radius 2 is 1.85 bits per heavy atom. The summed E-state index contributed by atoms with van der Waals surface area (Å²) in [6.07, 6.45) is 1.96. The van der Waals surface area contributed by atoms with E-state index in [1.807, 2.05) is 20.2 Å². The number of methoxy groups -OCH3 is 1. The zero-order valence-electron chi connectivity index (χ0n) is 15.2. The molecule has 0 saturated carbocycles. The lowest BCUT2D eigenvalue weighted by atomic mass is 10.0. The first-order valence-electron chi connectivity index (χ1n) is 8.37. The largest absolute Gasteiger partial charge is 0.494 e. The molecule has 0 bridgehead atoms. The third-order valence-electron chi connectivity index (χ3n) is 3.84.